The fourth-order valence-electron chi connectivity index (χ4n) is 1.94. The summed E-state index contributed by atoms with van der Waals surface area (Å²) in [7, 11) is 1.47. The number of carbonyl (C=O) groups excluding carboxylic acids is 2. The summed E-state index contributed by atoms with van der Waals surface area (Å²) in [6.45, 7) is 3.27. The van der Waals surface area contributed by atoms with Gasteiger partial charge in [-0.2, -0.15) is 5.10 Å². The molecule has 0 saturated heterocycles. The van der Waals surface area contributed by atoms with E-state index in [0.717, 1.165) is 5.56 Å². The molecule has 0 atom stereocenters. The second-order valence-electron chi connectivity index (χ2n) is 5.07. The van der Waals surface area contributed by atoms with Crippen LogP contribution in [0.4, 0.5) is 0 Å². The molecule has 24 heavy (non-hydrogen) atoms. The summed E-state index contributed by atoms with van der Waals surface area (Å²) in [6.07, 6.45) is 1.48. The molecule has 1 amide bonds. The number of benzene rings is 2. The lowest BCUT2D eigenvalue weighted by Crippen LogP contribution is -2.17. The average Bonchev–Trinajstić information content (AvgIpc) is 2.56. The van der Waals surface area contributed by atoms with Gasteiger partial charge < -0.3 is 9.47 Å². The Morgan fingerprint density at radius 2 is 1.79 bits per heavy atom. The molecule has 0 saturated carbocycles. The summed E-state index contributed by atoms with van der Waals surface area (Å²) in [5, 5.41) is 3.92. The molecule has 6 heteroatoms. The van der Waals surface area contributed by atoms with E-state index in [1.807, 2.05) is 19.1 Å². The quantitative estimate of drug-likeness (QED) is 0.397. The minimum absolute atomic E-state index is 0.297. The Hall–Kier alpha value is -3.15. The largest absolute Gasteiger partial charge is 0.493 e. The molecule has 0 heterocycles. The van der Waals surface area contributed by atoms with Crippen LogP contribution in [0, 0.1) is 6.92 Å². The first-order valence-corrected chi connectivity index (χ1v) is 7.26. The second-order valence-corrected chi connectivity index (χ2v) is 5.07. The molecule has 0 spiro atoms. The molecule has 2 aromatic carbocycles. The maximum atomic E-state index is 11.9. The van der Waals surface area contributed by atoms with Crippen molar-refractivity contribution in [2.24, 2.45) is 5.10 Å². The molecular formula is C18H18N2O4. The molecule has 0 bridgehead atoms. The Morgan fingerprint density at radius 1 is 1.08 bits per heavy atom. The van der Waals surface area contributed by atoms with Crippen LogP contribution in [0.3, 0.4) is 0 Å². The molecule has 124 valence electrons. The number of rotatable bonds is 5. The Morgan fingerprint density at radius 3 is 2.42 bits per heavy atom. The number of hydrazone groups is 1. The van der Waals surface area contributed by atoms with Crippen LogP contribution < -0.4 is 14.9 Å². The highest BCUT2D eigenvalue weighted by Gasteiger charge is 2.07. The van der Waals surface area contributed by atoms with Crippen molar-refractivity contribution in [2.45, 2.75) is 13.8 Å². The number of esters is 1. The average molecular weight is 326 g/mol. The number of carbonyl (C=O) groups is 2. The first-order chi connectivity index (χ1) is 11.5. The minimum Gasteiger partial charge on any atom is -0.493 e. The zero-order valence-electron chi connectivity index (χ0n) is 13.7. The highest BCUT2D eigenvalue weighted by molar-refractivity contribution is 5.95. The maximum absolute atomic E-state index is 11.9. The summed E-state index contributed by atoms with van der Waals surface area (Å²) in [5.74, 6) is -0.000298. The number of ether oxygens (including phenoxy) is 2. The van der Waals surface area contributed by atoms with E-state index in [2.05, 4.69) is 10.5 Å². The molecule has 2 rings (SSSR count). The summed E-state index contributed by atoms with van der Waals surface area (Å²) < 4.78 is 10.2. The summed E-state index contributed by atoms with van der Waals surface area (Å²) >= 11 is 0. The van der Waals surface area contributed by atoms with E-state index < -0.39 is 5.97 Å². The Kier molecular flexibility index (Phi) is 5.68. The SMILES string of the molecule is COc1cc(/C=N/NC(=O)c2ccc(C)cc2)ccc1OC(C)=O. The number of hydrogen-bond donors (Lipinski definition) is 1. The lowest BCUT2D eigenvalue weighted by Gasteiger charge is -2.08. The van der Waals surface area contributed by atoms with Gasteiger partial charge in [-0.3, -0.25) is 9.59 Å². The van der Waals surface area contributed by atoms with Crippen molar-refractivity contribution in [1.82, 2.24) is 5.43 Å². The van der Waals surface area contributed by atoms with Crippen LogP contribution in [0.5, 0.6) is 11.5 Å². The molecule has 0 aliphatic rings. The van der Waals surface area contributed by atoms with Crippen LogP contribution in [-0.2, 0) is 4.79 Å². The van der Waals surface area contributed by atoms with Gasteiger partial charge in [0, 0.05) is 12.5 Å². The van der Waals surface area contributed by atoms with Gasteiger partial charge in [-0.15, -0.1) is 0 Å². The molecule has 6 nitrogen and oxygen atoms in total. The van der Waals surface area contributed by atoms with Crippen molar-refractivity contribution in [3.05, 3.63) is 59.2 Å². The summed E-state index contributed by atoms with van der Waals surface area (Å²) in [4.78, 5) is 23.0. The third-order valence-corrected chi connectivity index (χ3v) is 3.13. The minimum atomic E-state index is -0.430. The lowest BCUT2D eigenvalue weighted by atomic mass is 10.1. The van der Waals surface area contributed by atoms with Crippen LogP contribution in [0.2, 0.25) is 0 Å². The van der Waals surface area contributed by atoms with Gasteiger partial charge in [0.15, 0.2) is 11.5 Å². The van der Waals surface area contributed by atoms with E-state index in [4.69, 9.17) is 9.47 Å². The van der Waals surface area contributed by atoms with Gasteiger partial charge in [0.2, 0.25) is 0 Å². The third-order valence-electron chi connectivity index (χ3n) is 3.13. The van der Waals surface area contributed by atoms with Crippen molar-refractivity contribution in [3.8, 4) is 11.5 Å². The van der Waals surface area contributed by atoms with Gasteiger partial charge in [0.25, 0.3) is 5.91 Å². The molecule has 1 N–H and O–H groups in total. The summed E-state index contributed by atoms with van der Waals surface area (Å²) in [6, 6.07) is 12.1. The number of aryl methyl sites for hydroxylation is 1. The van der Waals surface area contributed by atoms with E-state index in [-0.39, 0.29) is 5.91 Å². The maximum Gasteiger partial charge on any atom is 0.308 e. The van der Waals surface area contributed by atoms with Crippen LogP contribution in [-0.4, -0.2) is 25.2 Å². The second kappa shape index (κ2) is 7.92. The molecule has 0 radical (unpaired) electrons. The highest BCUT2D eigenvalue weighted by atomic mass is 16.6. The highest BCUT2D eigenvalue weighted by Crippen LogP contribution is 2.27. The standard InChI is InChI=1S/C18H18N2O4/c1-12-4-7-15(8-5-12)18(22)20-19-11-14-6-9-16(24-13(2)21)17(10-14)23-3/h4-11H,1-3H3,(H,20,22)/b19-11+. The zero-order chi connectivity index (χ0) is 17.5. The molecule has 2 aromatic rings. The van der Waals surface area contributed by atoms with Crippen LogP contribution in [0.25, 0.3) is 0 Å². The number of amides is 1. The van der Waals surface area contributed by atoms with E-state index >= 15 is 0 Å². The van der Waals surface area contributed by atoms with Gasteiger partial charge in [0.05, 0.1) is 13.3 Å². The van der Waals surface area contributed by atoms with Gasteiger partial charge in [-0.05, 0) is 42.8 Å². The third kappa shape index (κ3) is 4.67. The topological polar surface area (TPSA) is 77.0 Å². The van der Waals surface area contributed by atoms with Crippen LogP contribution in [0.15, 0.2) is 47.6 Å². The van der Waals surface area contributed by atoms with Crippen molar-refractivity contribution in [1.29, 1.82) is 0 Å². The Balaban J connectivity index is 2.04. The number of hydrogen-bond acceptors (Lipinski definition) is 5. The summed E-state index contributed by atoms with van der Waals surface area (Å²) in [5.41, 5.74) is 4.75. The predicted molar refractivity (Wildman–Crippen MR) is 90.5 cm³/mol. The molecule has 0 unspecified atom stereocenters. The van der Waals surface area contributed by atoms with Gasteiger partial charge in [0.1, 0.15) is 0 Å². The van der Waals surface area contributed by atoms with E-state index in [1.165, 1.54) is 20.2 Å². The van der Waals surface area contributed by atoms with Crippen LogP contribution in [0.1, 0.15) is 28.4 Å². The molecule has 0 aliphatic carbocycles. The van der Waals surface area contributed by atoms with Gasteiger partial charge in [-0.25, -0.2) is 5.43 Å². The smallest absolute Gasteiger partial charge is 0.308 e. The number of methoxy groups -OCH3 is 1. The van der Waals surface area contributed by atoms with Crippen molar-refractivity contribution in [3.63, 3.8) is 0 Å². The molecule has 0 aliphatic heterocycles. The lowest BCUT2D eigenvalue weighted by molar-refractivity contribution is -0.132. The van der Waals surface area contributed by atoms with Crippen molar-refractivity contribution < 1.29 is 19.1 Å². The normalized spacial score (nSPS) is 10.5. The molecule has 0 aromatic heterocycles. The van der Waals surface area contributed by atoms with Gasteiger partial charge in [-0.1, -0.05) is 17.7 Å². The first-order valence-electron chi connectivity index (χ1n) is 7.26. The van der Waals surface area contributed by atoms with E-state index in [0.29, 0.717) is 22.6 Å². The fourth-order valence-corrected chi connectivity index (χ4v) is 1.94. The van der Waals surface area contributed by atoms with E-state index in [9.17, 15) is 9.59 Å². The fraction of sp³-hybridized carbons (Fsp3) is 0.167. The molecular weight excluding hydrogens is 308 g/mol. The van der Waals surface area contributed by atoms with E-state index in [1.54, 1.807) is 30.3 Å². The van der Waals surface area contributed by atoms with Crippen LogP contribution >= 0.6 is 0 Å². The van der Waals surface area contributed by atoms with Gasteiger partial charge >= 0.3 is 5.97 Å². The first kappa shape index (κ1) is 17.2. The number of nitrogens with one attached hydrogen (secondary N) is 1. The Labute approximate surface area is 140 Å². The number of nitrogens with zero attached hydrogens (tertiary/aromatic N) is 1. The van der Waals surface area contributed by atoms with Crippen molar-refractivity contribution in [2.75, 3.05) is 7.11 Å². The van der Waals surface area contributed by atoms with Crippen molar-refractivity contribution >= 4 is 18.1 Å². The monoisotopic (exact) mass is 326 g/mol. The molecule has 0 fully saturated rings. The zero-order valence-corrected chi connectivity index (χ0v) is 13.7. The predicted octanol–water partition coefficient (Wildman–Crippen LogP) is 2.69. The Bertz CT molecular complexity index is 767.